The summed E-state index contributed by atoms with van der Waals surface area (Å²) in [6.45, 7) is 1.94. The summed E-state index contributed by atoms with van der Waals surface area (Å²) >= 11 is 12.0. The Balaban J connectivity index is 2.14. The molecule has 0 radical (unpaired) electrons. The lowest BCUT2D eigenvalue weighted by molar-refractivity contribution is -0.125. The van der Waals surface area contributed by atoms with E-state index in [1.807, 2.05) is 56.2 Å². The summed E-state index contributed by atoms with van der Waals surface area (Å²) in [5.74, 6) is -0.946. The molecule has 1 aliphatic heterocycles. The van der Waals surface area contributed by atoms with Gasteiger partial charge in [-0.25, -0.2) is 4.98 Å². The van der Waals surface area contributed by atoms with Crippen molar-refractivity contribution in [3.05, 3.63) is 39.9 Å². The van der Waals surface area contributed by atoms with Crippen molar-refractivity contribution in [2.75, 3.05) is 25.0 Å². The highest BCUT2D eigenvalue weighted by atomic mass is 35.5. The molecule has 1 aliphatic rings. The Kier molecular flexibility index (Phi) is 7.10. The molecule has 2 unspecified atom stereocenters. The number of thiazole rings is 1. The standard InChI is InChI=1S/C19H20ClNO2S5/c1-10-14(21-17(27-10)11-6-8-12(20)9-7-11)13-15(22)18(24-2)28(5)19(25-3,26-4)16(13)23/h6-9,13H,1-5H3. The Bertz CT molecular complexity index is 963. The molecule has 0 saturated carbocycles. The highest BCUT2D eigenvalue weighted by molar-refractivity contribution is 8.47. The second kappa shape index (κ2) is 8.86. The van der Waals surface area contributed by atoms with Gasteiger partial charge in [-0.1, -0.05) is 23.7 Å². The number of carbonyl (C=O) groups is 2. The highest BCUT2D eigenvalue weighted by Crippen LogP contribution is 2.55. The van der Waals surface area contributed by atoms with Crippen LogP contribution in [0.25, 0.3) is 10.6 Å². The van der Waals surface area contributed by atoms with E-state index in [9.17, 15) is 9.59 Å². The van der Waals surface area contributed by atoms with Crippen LogP contribution in [0.2, 0.25) is 5.02 Å². The predicted octanol–water partition coefficient (Wildman–Crippen LogP) is 5.78. The van der Waals surface area contributed by atoms with Crippen LogP contribution in [-0.2, 0) is 9.59 Å². The molecular formula is C19H20ClNO2S5. The maximum Gasteiger partial charge on any atom is 0.191 e. The lowest BCUT2D eigenvalue weighted by Gasteiger charge is -2.38. The largest absolute Gasteiger partial charge is 0.295 e. The van der Waals surface area contributed by atoms with Crippen LogP contribution in [0.4, 0.5) is 0 Å². The van der Waals surface area contributed by atoms with E-state index >= 15 is 0 Å². The minimum absolute atomic E-state index is 0.0304. The number of ketones is 2. The SMILES string of the molecule is CSC1=S(C)C(SC)(SC)C(=O)C(c2nc(-c3ccc(Cl)cc3)sc2C)C1=O. The first kappa shape index (κ1) is 22.4. The average molecular weight is 490 g/mol. The van der Waals surface area contributed by atoms with Gasteiger partial charge in [-0.15, -0.1) is 57.1 Å². The van der Waals surface area contributed by atoms with Gasteiger partial charge in [-0.2, -0.15) is 0 Å². The Labute approximate surface area is 189 Å². The third kappa shape index (κ3) is 3.65. The van der Waals surface area contributed by atoms with Gasteiger partial charge in [-0.3, -0.25) is 9.59 Å². The second-order valence-corrected chi connectivity index (χ2v) is 13.7. The van der Waals surface area contributed by atoms with Gasteiger partial charge >= 0.3 is 0 Å². The van der Waals surface area contributed by atoms with Gasteiger partial charge in [0.25, 0.3) is 0 Å². The molecule has 2 atom stereocenters. The van der Waals surface area contributed by atoms with E-state index in [1.54, 1.807) is 0 Å². The number of hydrogen-bond acceptors (Lipinski definition) is 7. The summed E-state index contributed by atoms with van der Waals surface area (Å²) in [5, 5.41) is 1.46. The van der Waals surface area contributed by atoms with Crippen molar-refractivity contribution in [1.82, 2.24) is 4.98 Å². The van der Waals surface area contributed by atoms with Crippen LogP contribution < -0.4 is 0 Å². The van der Waals surface area contributed by atoms with Crippen molar-refractivity contribution in [2.24, 2.45) is 0 Å². The fraction of sp³-hybridized carbons (Fsp3) is 0.368. The summed E-state index contributed by atoms with van der Waals surface area (Å²) in [7, 11) is -0.450. The van der Waals surface area contributed by atoms with Crippen LogP contribution in [0.15, 0.2) is 24.3 Å². The van der Waals surface area contributed by atoms with Crippen LogP contribution in [0.1, 0.15) is 16.5 Å². The number of Topliss-reactive ketones (excluding diaryl/α,β-unsaturated/α-hetero) is 2. The fourth-order valence-corrected chi connectivity index (χ4v) is 11.2. The number of carbonyl (C=O) groups excluding carboxylic acids is 2. The van der Waals surface area contributed by atoms with Gasteiger partial charge in [-0.05, 0) is 44.1 Å². The topological polar surface area (TPSA) is 47.0 Å². The molecule has 0 fully saturated rings. The van der Waals surface area contributed by atoms with Crippen LogP contribution >= 0.6 is 68.7 Å². The lowest BCUT2D eigenvalue weighted by Crippen LogP contribution is -2.44. The first-order valence-corrected chi connectivity index (χ1v) is 14.8. The molecule has 0 aliphatic carbocycles. The van der Waals surface area contributed by atoms with E-state index < -0.39 is 19.8 Å². The van der Waals surface area contributed by atoms with Crippen LogP contribution in [0.3, 0.4) is 0 Å². The summed E-state index contributed by atoms with van der Waals surface area (Å²) in [6, 6.07) is 7.45. The smallest absolute Gasteiger partial charge is 0.191 e. The maximum absolute atomic E-state index is 13.6. The Morgan fingerprint density at radius 2 is 1.75 bits per heavy atom. The maximum atomic E-state index is 13.6. The quantitative estimate of drug-likeness (QED) is 0.308. The second-order valence-electron chi connectivity index (χ2n) is 6.10. The zero-order valence-electron chi connectivity index (χ0n) is 16.1. The van der Waals surface area contributed by atoms with Gasteiger partial charge in [0.2, 0.25) is 0 Å². The number of nitrogens with zero attached hydrogens (tertiary/aromatic N) is 1. The van der Waals surface area contributed by atoms with Crippen molar-refractivity contribution in [3.8, 4) is 10.6 Å². The summed E-state index contributed by atoms with van der Waals surface area (Å²) in [5.41, 5.74) is 1.53. The molecule has 1 aromatic carbocycles. The molecule has 0 bridgehead atoms. The number of benzene rings is 1. The minimum atomic E-state index is -0.830. The number of hydrogen-bond donors (Lipinski definition) is 0. The van der Waals surface area contributed by atoms with E-state index in [2.05, 4.69) is 0 Å². The van der Waals surface area contributed by atoms with Gasteiger partial charge in [0.1, 0.15) is 10.9 Å². The third-order valence-electron chi connectivity index (χ3n) is 4.63. The average Bonchev–Trinajstić information content (AvgIpc) is 3.05. The molecular weight excluding hydrogens is 470 g/mol. The van der Waals surface area contributed by atoms with Crippen molar-refractivity contribution in [1.29, 1.82) is 0 Å². The Hall–Kier alpha value is -0.250. The molecule has 1 aromatic heterocycles. The van der Waals surface area contributed by atoms with Crippen LogP contribution in [0, 0.1) is 6.92 Å². The molecule has 150 valence electrons. The summed E-state index contributed by atoms with van der Waals surface area (Å²) < 4.78 is 0.140. The molecule has 0 N–H and O–H groups in total. The van der Waals surface area contributed by atoms with Crippen molar-refractivity contribution in [3.63, 3.8) is 0 Å². The van der Waals surface area contributed by atoms with E-state index in [0.717, 1.165) is 19.6 Å². The van der Waals surface area contributed by atoms with E-state index in [-0.39, 0.29) is 11.6 Å². The van der Waals surface area contributed by atoms with Crippen molar-refractivity contribution >= 4 is 84.5 Å². The van der Waals surface area contributed by atoms with Crippen molar-refractivity contribution in [2.45, 2.75) is 16.3 Å². The number of halogens is 1. The number of rotatable bonds is 4. The monoisotopic (exact) mass is 489 g/mol. The van der Waals surface area contributed by atoms with Crippen LogP contribution in [0.5, 0.6) is 0 Å². The molecule has 0 saturated heterocycles. The molecule has 3 nitrogen and oxygen atoms in total. The van der Waals surface area contributed by atoms with E-state index in [1.165, 1.54) is 46.6 Å². The zero-order valence-corrected chi connectivity index (χ0v) is 20.9. The first-order chi connectivity index (χ1) is 13.3. The van der Waals surface area contributed by atoms with Gasteiger partial charge < -0.3 is 0 Å². The first-order valence-electron chi connectivity index (χ1n) is 8.29. The van der Waals surface area contributed by atoms with Crippen LogP contribution in [-0.4, -0.2) is 49.2 Å². The van der Waals surface area contributed by atoms with E-state index in [0.29, 0.717) is 10.7 Å². The Morgan fingerprint density at radius 3 is 2.29 bits per heavy atom. The number of aryl methyl sites for hydroxylation is 1. The Morgan fingerprint density at radius 1 is 1.14 bits per heavy atom. The molecule has 28 heavy (non-hydrogen) atoms. The molecule has 2 heterocycles. The normalized spacial score (nSPS) is 22.0. The summed E-state index contributed by atoms with van der Waals surface area (Å²) in [4.78, 5) is 32.6. The zero-order chi connectivity index (χ0) is 20.6. The number of thioether (sulfide) groups is 3. The highest BCUT2D eigenvalue weighted by Gasteiger charge is 2.52. The third-order valence-corrected chi connectivity index (χ3v) is 14.5. The lowest BCUT2D eigenvalue weighted by atomic mass is 9.95. The van der Waals surface area contributed by atoms with E-state index in [4.69, 9.17) is 16.6 Å². The minimum Gasteiger partial charge on any atom is -0.295 e. The fourth-order valence-electron chi connectivity index (χ4n) is 3.24. The summed E-state index contributed by atoms with van der Waals surface area (Å²) in [6.07, 6.45) is 7.84. The number of aromatic nitrogens is 1. The van der Waals surface area contributed by atoms with Gasteiger partial charge in [0.15, 0.2) is 15.0 Å². The molecule has 3 rings (SSSR count). The molecule has 2 aromatic rings. The molecule has 0 spiro atoms. The molecule has 0 amide bonds. The molecule has 9 heteroatoms. The van der Waals surface area contributed by atoms with Gasteiger partial charge in [0, 0.05) is 15.5 Å². The van der Waals surface area contributed by atoms with Gasteiger partial charge in [0.05, 0.1) is 9.89 Å². The van der Waals surface area contributed by atoms with Crippen molar-refractivity contribution < 1.29 is 9.59 Å². The predicted molar refractivity (Wildman–Crippen MR) is 132 cm³/mol.